The molecule has 28 heavy (non-hydrogen) atoms. The number of benzene rings is 1. The van der Waals surface area contributed by atoms with E-state index in [4.69, 9.17) is 14.2 Å². The van der Waals surface area contributed by atoms with E-state index in [1.807, 2.05) is 0 Å². The van der Waals surface area contributed by atoms with Crippen LogP contribution in [0.4, 0.5) is 0 Å². The lowest BCUT2D eigenvalue weighted by Crippen LogP contribution is -2.37. The first-order valence-electron chi connectivity index (χ1n) is 8.75. The number of ether oxygens (including phenoxy) is 3. The molecule has 0 bridgehead atoms. The predicted molar refractivity (Wildman–Crippen MR) is 94.2 cm³/mol. The highest BCUT2D eigenvalue weighted by Crippen LogP contribution is 2.31. The quantitative estimate of drug-likeness (QED) is 0.637. The summed E-state index contributed by atoms with van der Waals surface area (Å²) in [7, 11) is -4.00. The summed E-state index contributed by atoms with van der Waals surface area (Å²) in [5, 5.41) is 0. The van der Waals surface area contributed by atoms with Crippen LogP contribution in [-0.4, -0.2) is 64.0 Å². The van der Waals surface area contributed by atoms with Crippen LogP contribution in [0.5, 0.6) is 11.5 Å². The zero-order valence-electron chi connectivity index (χ0n) is 15.0. The molecule has 152 valence electrons. The summed E-state index contributed by atoms with van der Waals surface area (Å²) in [6.07, 6.45) is 1.55. The third-order valence-corrected chi connectivity index (χ3v) is 5.57. The number of esters is 1. The second-order valence-electron chi connectivity index (χ2n) is 6.19. The van der Waals surface area contributed by atoms with Crippen LogP contribution in [0.25, 0.3) is 0 Å². The highest BCUT2D eigenvalue weighted by atomic mass is 32.2. The molecule has 2 aliphatic heterocycles. The molecule has 0 spiro atoms. The van der Waals surface area contributed by atoms with Crippen molar-refractivity contribution >= 4 is 27.8 Å². The number of hydrogen-bond acceptors (Lipinski definition) is 8. The number of likely N-dealkylation sites (tertiary alicyclic amines) is 1. The maximum atomic E-state index is 12.4. The van der Waals surface area contributed by atoms with Crippen molar-refractivity contribution in [2.75, 3.05) is 32.9 Å². The van der Waals surface area contributed by atoms with E-state index in [0.717, 1.165) is 4.90 Å². The van der Waals surface area contributed by atoms with E-state index in [1.165, 1.54) is 18.2 Å². The van der Waals surface area contributed by atoms with Crippen LogP contribution in [0.15, 0.2) is 23.1 Å². The number of hydrogen-bond donors (Lipinski definition) is 1. The zero-order valence-corrected chi connectivity index (χ0v) is 15.8. The van der Waals surface area contributed by atoms with Gasteiger partial charge in [0, 0.05) is 25.5 Å². The molecule has 0 aromatic heterocycles. The van der Waals surface area contributed by atoms with E-state index in [-0.39, 0.29) is 17.2 Å². The van der Waals surface area contributed by atoms with Crippen molar-refractivity contribution in [3.8, 4) is 11.5 Å². The lowest BCUT2D eigenvalue weighted by Gasteiger charge is -2.13. The van der Waals surface area contributed by atoms with Gasteiger partial charge in [-0.2, -0.15) is 4.72 Å². The largest absolute Gasteiger partial charge is 0.490 e. The molecular weight excluding hydrogens is 392 g/mol. The number of nitrogens with one attached hydrogen (secondary N) is 1. The molecule has 2 heterocycles. The fourth-order valence-electron chi connectivity index (χ4n) is 2.73. The Kier molecular flexibility index (Phi) is 6.15. The van der Waals surface area contributed by atoms with Crippen LogP contribution in [-0.2, 0) is 29.1 Å². The van der Waals surface area contributed by atoms with Gasteiger partial charge in [-0.05, 0) is 18.6 Å². The van der Waals surface area contributed by atoms with Crippen LogP contribution >= 0.6 is 0 Å². The molecule has 0 radical (unpaired) electrons. The molecule has 10 nitrogen and oxygen atoms in total. The van der Waals surface area contributed by atoms with Crippen LogP contribution in [0.3, 0.4) is 0 Å². The predicted octanol–water partition coefficient (Wildman–Crippen LogP) is -0.182. The average molecular weight is 412 g/mol. The van der Waals surface area contributed by atoms with Crippen molar-refractivity contribution in [3.05, 3.63) is 18.2 Å². The second kappa shape index (κ2) is 8.57. The minimum absolute atomic E-state index is 0.0942. The van der Waals surface area contributed by atoms with Crippen molar-refractivity contribution in [2.45, 2.75) is 24.2 Å². The summed E-state index contributed by atoms with van der Waals surface area (Å²) in [6.45, 7) is -0.0883. The van der Waals surface area contributed by atoms with Crippen LogP contribution < -0.4 is 14.2 Å². The van der Waals surface area contributed by atoms with Gasteiger partial charge in [0.15, 0.2) is 18.1 Å². The summed E-state index contributed by atoms with van der Waals surface area (Å²) in [4.78, 5) is 35.9. The normalized spacial score (nSPS) is 16.6. The van der Waals surface area contributed by atoms with Crippen LogP contribution in [0.1, 0.15) is 19.3 Å². The molecule has 3 rings (SSSR count). The van der Waals surface area contributed by atoms with Gasteiger partial charge in [0.2, 0.25) is 15.9 Å². The van der Waals surface area contributed by atoms with E-state index in [2.05, 4.69) is 4.72 Å². The maximum Gasteiger partial charge on any atom is 0.321 e. The van der Waals surface area contributed by atoms with Crippen molar-refractivity contribution in [2.24, 2.45) is 0 Å². The van der Waals surface area contributed by atoms with Gasteiger partial charge in [-0.25, -0.2) is 8.42 Å². The lowest BCUT2D eigenvalue weighted by molar-refractivity contribution is -0.153. The molecular formula is C17H20N2O8S. The van der Waals surface area contributed by atoms with Crippen molar-refractivity contribution < 1.29 is 37.0 Å². The summed E-state index contributed by atoms with van der Waals surface area (Å²) in [6, 6.07) is 4.14. The molecule has 1 N–H and O–H groups in total. The highest BCUT2D eigenvalue weighted by molar-refractivity contribution is 7.89. The molecule has 1 aromatic carbocycles. The zero-order chi connectivity index (χ0) is 20.1. The first-order chi connectivity index (χ1) is 13.4. The van der Waals surface area contributed by atoms with E-state index < -0.39 is 35.1 Å². The Bertz CT molecular complexity index is 883. The van der Waals surface area contributed by atoms with E-state index >= 15 is 0 Å². The number of imide groups is 1. The average Bonchev–Trinajstić information content (AvgIpc) is 2.97. The summed E-state index contributed by atoms with van der Waals surface area (Å²) < 4.78 is 42.5. The minimum atomic E-state index is -4.00. The van der Waals surface area contributed by atoms with Gasteiger partial charge in [0.05, 0.1) is 18.1 Å². The topological polar surface area (TPSA) is 128 Å². The maximum absolute atomic E-state index is 12.4. The highest BCUT2D eigenvalue weighted by Gasteiger charge is 2.27. The summed E-state index contributed by atoms with van der Waals surface area (Å²) in [5.41, 5.74) is 0. The Balaban J connectivity index is 1.53. The monoisotopic (exact) mass is 412 g/mol. The minimum Gasteiger partial charge on any atom is -0.490 e. The fourth-order valence-corrected chi connectivity index (χ4v) is 3.71. The molecule has 0 aliphatic carbocycles. The number of fused-ring (bicyclic) bond motifs is 1. The number of amides is 2. The third kappa shape index (κ3) is 4.78. The standard InChI is InChI=1S/C17H20N2O8S/c20-15-3-1-6-19(15)16(21)11-27-17(22)10-18-28(23,24)12-4-5-13-14(9-12)26-8-2-7-25-13/h4-5,9,18H,1-3,6-8,10-11H2. The molecule has 1 saturated heterocycles. The van der Waals surface area contributed by atoms with Crippen LogP contribution in [0, 0.1) is 0 Å². The SMILES string of the molecule is O=C(CNS(=O)(=O)c1ccc2c(c1)OCCCO2)OCC(=O)N1CCCC1=O. The Morgan fingerprint density at radius 1 is 1.14 bits per heavy atom. The second-order valence-corrected chi connectivity index (χ2v) is 7.95. The number of rotatable bonds is 6. The van der Waals surface area contributed by atoms with E-state index in [9.17, 15) is 22.8 Å². The Hall–Kier alpha value is -2.66. The van der Waals surface area contributed by atoms with Gasteiger partial charge in [-0.1, -0.05) is 0 Å². The smallest absolute Gasteiger partial charge is 0.321 e. The van der Waals surface area contributed by atoms with Gasteiger partial charge < -0.3 is 14.2 Å². The summed E-state index contributed by atoms with van der Waals surface area (Å²) in [5.74, 6) is -1.11. The third-order valence-electron chi connectivity index (χ3n) is 4.17. The molecule has 0 saturated carbocycles. The first kappa shape index (κ1) is 20.1. The van der Waals surface area contributed by atoms with Gasteiger partial charge in [0.1, 0.15) is 6.54 Å². The fraction of sp³-hybridized carbons (Fsp3) is 0.471. The molecule has 2 amide bonds. The number of carbonyl (C=O) groups excluding carboxylic acids is 3. The molecule has 2 aliphatic rings. The van der Waals surface area contributed by atoms with Crippen molar-refractivity contribution in [1.29, 1.82) is 0 Å². The molecule has 0 atom stereocenters. The van der Waals surface area contributed by atoms with Crippen molar-refractivity contribution in [1.82, 2.24) is 9.62 Å². The van der Waals surface area contributed by atoms with Crippen LogP contribution in [0.2, 0.25) is 0 Å². The lowest BCUT2D eigenvalue weighted by atomic mass is 10.3. The Morgan fingerprint density at radius 2 is 1.89 bits per heavy atom. The van der Waals surface area contributed by atoms with Crippen molar-refractivity contribution in [3.63, 3.8) is 0 Å². The molecule has 1 fully saturated rings. The van der Waals surface area contributed by atoms with Gasteiger partial charge in [-0.3, -0.25) is 19.3 Å². The van der Waals surface area contributed by atoms with Gasteiger partial charge >= 0.3 is 5.97 Å². The van der Waals surface area contributed by atoms with Gasteiger partial charge in [0.25, 0.3) is 5.91 Å². The number of carbonyl (C=O) groups is 3. The molecule has 11 heteroatoms. The Morgan fingerprint density at radius 3 is 2.61 bits per heavy atom. The Labute approximate surface area is 161 Å². The molecule has 1 aromatic rings. The number of sulfonamides is 1. The van der Waals surface area contributed by atoms with Gasteiger partial charge in [-0.15, -0.1) is 0 Å². The summed E-state index contributed by atoms with van der Waals surface area (Å²) >= 11 is 0. The van der Waals surface area contributed by atoms with E-state index in [1.54, 1.807) is 0 Å². The number of nitrogens with zero attached hydrogens (tertiary/aromatic N) is 1. The van der Waals surface area contributed by atoms with E-state index in [0.29, 0.717) is 44.1 Å². The molecule has 0 unspecified atom stereocenters. The first-order valence-corrected chi connectivity index (χ1v) is 10.2.